The number of hydrogen-bond donors (Lipinski definition) is 0. The molecule has 19 heavy (non-hydrogen) atoms. The van der Waals surface area contributed by atoms with E-state index in [4.69, 9.17) is 14.7 Å². The third-order valence-corrected chi connectivity index (χ3v) is 2.16. The van der Waals surface area contributed by atoms with E-state index in [0.717, 1.165) is 0 Å². The van der Waals surface area contributed by atoms with E-state index < -0.39 is 5.97 Å². The second kappa shape index (κ2) is 6.82. The molecule has 1 aromatic carbocycles. The molecule has 1 rings (SSSR count). The minimum Gasteiger partial charge on any atom is -0.497 e. The maximum Gasteiger partial charge on any atom is 0.343 e. The van der Waals surface area contributed by atoms with Crippen molar-refractivity contribution in [3.8, 4) is 11.8 Å². The highest BCUT2D eigenvalue weighted by atomic mass is 16.5. The number of hydrogen-bond acceptors (Lipinski definition) is 4. The Morgan fingerprint density at radius 2 is 1.89 bits per heavy atom. The van der Waals surface area contributed by atoms with Crippen molar-refractivity contribution >= 4 is 5.97 Å². The van der Waals surface area contributed by atoms with Crippen LogP contribution >= 0.6 is 0 Å². The van der Waals surface area contributed by atoms with Gasteiger partial charge in [0.1, 0.15) is 11.5 Å². The predicted molar refractivity (Wildman–Crippen MR) is 71.4 cm³/mol. The molecule has 0 aliphatic carbocycles. The molecule has 4 heteroatoms. The van der Waals surface area contributed by atoms with Gasteiger partial charge in [0.25, 0.3) is 0 Å². The SMILES string of the molecule is C=C(C#N)/C=C\C(=C)OC(=O)c1ccc(OC)cc1. The van der Waals surface area contributed by atoms with Crippen LogP contribution in [0.1, 0.15) is 10.4 Å². The third kappa shape index (κ3) is 4.52. The van der Waals surface area contributed by atoms with E-state index in [1.165, 1.54) is 12.2 Å². The zero-order chi connectivity index (χ0) is 14.3. The van der Waals surface area contributed by atoms with Crippen LogP contribution in [0.25, 0.3) is 0 Å². The van der Waals surface area contributed by atoms with Crippen LogP contribution in [0.3, 0.4) is 0 Å². The maximum atomic E-state index is 11.7. The van der Waals surface area contributed by atoms with Gasteiger partial charge in [0, 0.05) is 5.57 Å². The molecule has 0 radical (unpaired) electrons. The van der Waals surface area contributed by atoms with Crippen molar-refractivity contribution in [1.82, 2.24) is 0 Å². The standard InChI is InChI=1S/C15H13NO3/c1-11(10-16)4-5-12(2)19-15(17)13-6-8-14(18-3)9-7-13/h4-9H,1-2H2,3H3/b5-4-. The van der Waals surface area contributed by atoms with Gasteiger partial charge in [-0.1, -0.05) is 13.2 Å². The van der Waals surface area contributed by atoms with Gasteiger partial charge in [0.05, 0.1) is 18.7 Å². The van der Waals surface area contributed by atoms with E-state index in [1.54, 1.807) is 31.4 Å². The second-order valence-electron chi connectivity index (χ2n) is 3.55. The Hall–Kier alpha value is -2.80. The first-order valence-corrected chi connectivity index (χ1v) is 5.39. The summed E-state index contributed by atoms with van der Waals surface area (Å²) in [6.45, 7) is 7.01. The minimum atomic E-state index is -0.528. The lowest BCUT2D eigenvalue weighted by atomic mass is 10.2. The molecule has 0 amide bonds. The maximum absolute atomic E-state index is 11.7. The smallest absolute Gasteiger partial charge is 0.343 e. The number of benzene rings is 1. The van der Waals surface area contributed by atoms with E-state index in [1.807, 2.05) is 6.07 Å². The fraction of sp³-hybridized carbons (Fsp3) is 0.0667. The number of carbonyl (C=O) groups is 1. The summed E-state index contributed by atoms with van der Waals surface area (Å²) in [4.78, 5) is 11.7. The normalized spacial score (nSPS) is 9.68. The van der Waals surface area contributed by atoms with Crippen molar-refractivity contribution in [1.29, 1.82) is 5.26 Å². The molecule has 0 bridgehead atoms. The van der Waals surface area contributed by atoms with Crippen molar-refractivity contribution in [2.24, 2.45) is 0 Å². The molecule has 0 fully saturated rings. The molecule has 0 atom stereocenters. The summed E-state index contributed by atoms with van der Waals surface area (Å²) >= 11 is 0. The first-order valence-electron chi connectivity index (χ1n) is 5.39. The quantitative estimate of drug-likeness (QED) is 0.351. The van der Waals surface area contributed by atoms with Gasteiger partial charge in [-0.25, -0.2) is 4.79 Å². The van der Waals surface area contributed by atoms with Crippen LogP contribution in [0.15, 0.2) is 60.9 Å². The van der Waals surface area contributed by atoms with Crippen LogP contribution in [0, 0.1) is 11.3 Å². The summed E-state index contributed by atoms with van der Waals surface area (Å²) in [5.41, 5.74) is 0.635. The number of nitrogens with zero attached hydrogens (tertiary/aromatic N) is 1. The average Bonchev–Trinajstić information content (AvgIpc) is 2.44. The molecule has 1 aromatic rings. The highest BCUT2D eigenvalue weighted by molar-refractivity contribution is 5.90. The van der Waals surface area contributed by atoms with E-state index >= 15 is 0 Å². The molecule has 4 nitrogen and oxygen atoms in total. The molecule has 0 heterocycles. The highest BCUT2D eigenvalue weighted by Crippen LogP contribution is 2.13. The highest BCUT2D eigenvalue weighted by Gasteiger charge is 2.07. The molecular weight excluding hydrogens is 242 g/mol. The lowest BCUT2D eigenvalue weighted by Crippen LogP contribution is -2.03. The Kier molecular flexibility index (Phi) is 5.12. The monoisotopic (exact) mass is 255 g/mol. The Morgan fingerprint density at radius 3 is 2.42 bits per heavy atom. The lowest BCUT2D eigenvalue weighted by Gasteiger charge is -2.04. The van der Waals surface area contributed by atoms with Crippen molar-refractivity contribution in [2.75, 3.05) is 7.11 Å². The summed E-state index contributed by atoms with van der Waals surface area (Å²) in [6, 6.07) is 8.34. The van der Waals surface area contributed by atoms with Gasteiger partial charge in [-0.05, 0) is 36.4 Å². The molecule has 0 aromatic heterocycles. The van der Waals surface area contributed by atoms with E-state index in [-0.39, 0.29) is 11.3 Å². The largest absolute Gasteiger partial charge is 0.497 e. The van der Waals surface area contributed by atoms with E-state index in [2.05, 4.69) is 13.2 Å². The van der Waals surface area contributed by atoms with Crippen molar-refractivity contribution in [3.05, 3.63) is 66.5 Å². The first-order chi connectivity index (χ1) is 9.06. The second-order valence-corrected chi connectivity index (χ2v) is 3.55. The van der Waals surface area contributed by atoms with Crippen LogP contribution in [-0.4, -0.2) is 13.1 Å². The minimum absolute atomic E-state index is 0.136. The number of nitriles is 1. The van der Waals surface area contributed by atoms with Crippen LogP contribution < -0.4 is 4.74 Å². The fourth-order valence-electron chi connectivity index (χ4n) is 1.17. The number of rotatable bonds is 5. The Bertz CT molecular complexity index is 562. The van der Waals surface area contributed by atoms with Gasteiger partial charge in [-0.3, -0.25) is 0 Å². The molecule has 0 saturated carbocycles. The molecule has 0 unspecified atom stereocenters. The summed E-state index contributed by atoms with van der Waals surface area (Å²) < 4.78 is 9.98. The molecule has 0 saturated heterocycles. The predicted octanol–water partition coefficient (Wildman–Crippen LogP) is 3.00. The van der Waals surface area contributed by atoms with Gasteiger partial charge >= 0.3 is 5.97 Å². The zero-order valence-corrected chi connectivity index (χ0v) is 10.6. The number of ether oxygens (including phenoxy) is 2. The molecular formula is C15H13NO3. The van der Waals surface area contributed by atoms with Crippen LogP contribution in [0.5, 0.6) is 5.75 Å². The van der Waals surface area contributed by atoms with Gasteiger partial charge in [-0.15, -0.1) is 0 Å². The molecule has 0 spiro atoms. The van der Waals surface area contributed by atoms with Crippen molar-refractivity contribution in [2.45, 2.75) is 0 Å². The van der Waals surface area contributed by atoms with E-state index in [9.17, 15) is 4.79 Å². The summed E-state index contributed by atoms with van der Waals surface area (Å²) in [5.74, 6) is 0.262. The number of carbonyl (C=O) groups excluding carboxylic acids is 1. The molecule has 96 valence electrons. The third-order valence-electron chi connectivity index (χ3n) is 2.16. The Balaban J connectivity index is 2.64. The Labute approximate surface area is 111 Å². The summed E-state index contributed by atoms with van der Waals surface area (Å²) in [7, 11) is 1.54. The Morgan fingerprint density at radius 1 is 1.26 bits per heavy atom. The van der Waals surface area contributed by atoms with Crippen molar-refractivity contribution in [3.63, 3.8) is 0 Å². The first kappa shape index (κ1) is 14.3. The number of allylic oxidation sites excluding steroid dienone is 3. The topological polar surface area (TPSA) is 59.3 Å². The van der Waals surface area contributed by atoms with Gasteiger partial charge < -0.3 is 9.47 Å². The lowest BCUT2D eigenvalue weighted by molar-refractivity contribution is 0.0638. The summed E-state index contributed by atoms with van der Waals surface area (Å²) in [5, 5.41) is 8.51. The molecule has 0 aliphatic rings. The van der Waals surface area contributed by atoms with Crippen LogP contribution in [0.4, 0.5) is 0 Å². The van der Waals surface area contributed by atoms with Gasteiger partial charge in [0.2, 0.25) is 0 Å². The fourth-order valence-corrected chi connectivity index (χ4v) is 1.17. The molecule has 0 N–H and O–H groups in total. The van der Waals surface area contributed by atoms with Gasteiger partial charge in [0.15, 0.2) is 0 Å². The zero-order valence-electron chi connectivity index (χ0n) is 10.6. The van der Waals surface area contributed by atoms with Gasteiger partial charge in [-0.2, -0.15) is 5.26 Å². The van der Waals surface area contributed by atoms with Crippen LogP contribution in [-0.2, 0) is 4.74 Å². The molecule has 0 aliphatic heterocycles. The summed E-state index contributed by atoms with van der Waals surface area (Å²) in [6.07, 6.45) is 2.83. The number of methoxy groups -OCH3 is 1. The van der Waals surface area contributed by atoms with Crippen molar-refractivity contribution < 1.29 is 14.3 Å². The van der Waals surface area contributed by atoms with Crippen LogP contribution in [0.2, 0.25) is 0 Å². The number of esters is 1. The average molecular weight is 255 g/mol. The van der Waals surface area contributed by atoms with E-state index in [0.29, 0.717) is 11.3 Å².